The Morgan fingerprint density at radius 3 is 2.76 bits per heavy atom. The third-order valence-electron chi connectivity index (χ3n) is 4.12. The van der Waals surface area contributed by atoms with Crippen LogP contribution in [0.15, 0.2) is 6.07 Å². The quantitative estimate of drug-likeness (QED) is 0.881. The Bertz CT molecular complexity index is 576. The van der Waals surface area contributed by atoms with Crippen LogP contribution in [0.25, 0.3) is 0 Å². The first-order valence-electron chi connectivity index (χ1n) is 7.22. The molecule has 0 aliphatic carbocycles. The number of nitrogens with zero attached hydrogens (tertiary/aromatic N) is 4. The van der Waals surface area contributed by atoms with Gasteiger partial charge in [-0.3, -0.25) is 0 Å². The lowest BCUT2D eigenvalue weighted by Crippen LogP contribution is -2.37. The molecule has 2 aliphatic rings. The number of nitrogen functional groups attached to an aromatic ring is 1. The summed E-state index contributed by atoms with van der Waals surface area (Å²) in [7, 11) is 1.76. The molecule has 1 amide bonds. The fraction of sp³-hybridized carbons (Fsp3) is 0.643. The molecular formula is C14H21N5O2. The topological polar surface area (TPSA) is 84.6 Å². The maximum atomic E-state index is 11.6. The molecule has 1 spiro atoms. The SMILES string of the molecule is CC(C)c1cc(N2CC[C@]3(CN(C)C(=O)O3)C2)nc(N)n1. The van der Waals surface area contributed by atoms with E-state index in [9.17, 15) is 4.79 Å². The van der Waals surface area contributed by atoms with Crippen LogP contribution < -0.4 is 10.6 Å². The number of nitrogens with two attached hydrogens (primary N) is 1. The molecule has 1 atom stereocenters. The van der Waals surface area contributed by atoms with Crippen LogP contribution in [0.3, 0.4) is 0 Å². The number of amides is 1. The highest BCUT2D eigenvalue weighted by atomic mass is 16.6. The van der Waals surface area contributed by atoms with E-state index in [0.29, 0.717) is 19.0 Å². The Morgan fingerprint density at radius 1 is 1.38 bits per heavy atom. The van der Waals surface area contributed by atoms with E-state index < -0.39 is 5.60 Å². The van der Waals surface area contributed by atoms with Gasteiger partial charge in [0.05, 0.1) is 18.8 Å². The number of ether oxygens (including phenoxy) is 1. The number of hydrogen-bond donors (Lipinski definition) is 1. The van der Waals surface area contributed by atoms with Crippen LogP contribution in [-0.4, -0.2) is 53.2 Å². The zero-order valence-corrected chi connectivity index (χ0v) is 12.7. The van der Waals surface area contributed by atoms with E-state index in [0.717, 1.165) is 24.5 Å². The molecule has 114 valence electrons. The zero-order valence-electron chi connectivity index (χ0n) is 12.7. The van der Waals surface area contributed by atoms with Crippen molar-refractivity contribution >= 4 is 17.9 Å². The van der Waals surface area contributed by atoms with Gasteiger partial charge in [0.15, 0.2) is 5.60 Å². The highest BCUT2D eigenvalue weighted by molar-refractivity contribution is 5.70. The molecular weight excluding hydrogens is 270 g/mol. The second-order valence-corrected chi connectivity index (χ2v) is 6.24. The molecule has 21 heavy (non-hydrogen) atoms. The second-order valence-electron chi connectivity index (χ2n) is 6.24. The summed E-state index contributed by atoms with van der Waals surface area (Å²) in [5.74, 6) is 1.40. The molecule has 2 fully saturated rings. The van der Waals surface area contributed by atoms with Crippen LogP contribution in [0.4, 0.5) is 16.6 Å². The van der Waals surface area contributed by atoms with Crippen LogP contribution in [0, 0.1) is 0 Å². The zero-order chi connectivity index (χ0) is 15.2. The van der Waals surface area contributed by atoms with Gasteiger partial charge in [0.25, 0.3) is 0 Å². The number of carbonyl (C=O) groups is 1. The number of aromatic nitrogens is 2. The first-order valence-corrected chi connectivity index (χ1v) is 7.22. The minimum absolute atomic E-state index is 0.248. The standard InChI is InChI=1S/C14H21N5O2/c1-9(2)10-6-11(17-12(15)16-10)19-5-4-14(8-19)7-18(3)13(20)21-14/h6,9H,4-5,7-8H2,1-3H3,(H2,15,16,17)/t14-/m0/s1. The van der Waals surface area contributed by atoms with Gasteiger partial charge in [-0.15, -0.1) is 0 Å². The van der Waals surface area contributed by atoms with Crippen molar-refractivity contribution in [1.29, 1.82) is 0 Å². The summed E-state index contributed by atoms with van der Waals surface area (Å²) >= 11 is 0. The molecule has 0 radical (unpaired) electrons. The van der Waals surface area contributed by atoms with Gasteiger partial charge in [0, 0.05) is 26.1 Å². The predicted octanol–water partition coefficient (Wildman–Crippen LogP) is 1.21. The van der Waals surface area contributed by atoms with Gasteiger partial charge in [0.2, 0.25) is 5.95 Å². The minimum atomic E-state index is -0.413. The maximum absolute atomic E-state index is 11.6. The number of hydrogen-bond acceptors (Lipinski definition) is 6. The van der Waals surface area contributed by atoms with Crippen LogP contribution in [0.2, 0.25) is 0 Å². The van der Waals surface area contributed by atoms with Crippen molar-refractivity contribution in [3.8, 4) is 0 Å². The Hall–Kier alpha value is -2.05. The molecule has 7 nitrogen and oxygen atoms in total. The van der Waals surface area contributed by atoms with Crippen molar-refractivity contribution in [2.45, 2.75) is 31.8 Å². The highest BCUT2D eigenvalue weighted by Crippen LogP contribution is 2.34. The Balaban J connectivity index is 1.82. The van der Waals surface area contributed by atoms with Crippen LogP contribution in [-0.2, 0) is 4.74 Å². The lowest BCUT2D eigenvalue weighted by Gasteiger charge is -2.23. The summed E-state index contributed by atoms with van der Waals surface area (Å²) in [6.45, 7) is 6.22. The molecule has 0 bridgehead atoms. The van der Waals surface area contributed by atoms with Gasteiger partial charge >= 0.3 is 6.09 Å². The first kappa shape index (κ1) is 13.9. The van der Waals surface area contributed by atoms with E-state index in [4.69, 9.17) is 10.5 Å². The highest BCUT2D eigenvalue weighted by Gasteiger charge is 2.48. The largest absolute Gasteiger partial charge is 0.439 e. The first-order chi connectivity index (χ1) is 9.88. The van der Waals surface area contributed by atoms with Gasteiger partial charge in [0.1, 0.15) is 5.82 Å². The second kappa shape index (κ2) is 4.75. The van der Waals surface area contributed by atoms with E-state index >= 15 is 0 Å². The van der Waals surface area contributed by atoms with Crippen LogP contribution in [0.5, 0.6) is 0 Å². The average molecular weight is 291 g/mol. The lowest BCUT2D eigenvalue weighted by molar-refractivity contribution is 0.0741. The van der Waals surface area contributed by atoms with Crippen molar-refractivity contribution in [3.63, 3.8) is 0 Å². The summed E-state index contributed by atoms with van der Waals surface area (Å²) in [5.41, 5.74) is 6.33. The van der Waals surface area contributed by atoms with E-state index in [1.54, 1.807) is 11.9 Å². The third kappa shape index (κ3) is 2.48. The molecule has 0 unspecified atom stereocenters. The number of carbonyl (C=O) groups excluding carboxylic acids is 1. The van der Waals surface area contributed by atoms with E-state index in [2.05, 4.69) is 28.7 Å². The summed E-state index contributed by atoms with van der Waals surface area (Å²) < 4.78 is 5.55. The van der Waals surface area contributed by atoms with Crippen LogP contribution in [0.1, 0.15) is 31.9 Å². The molecule has 2 saturated heterocycles. The predicted molar refractivity (Wildman–Crippen MR) is 79.2 cm³/mol. The minimum Gasteiger partial charge on any atom is -0.439 e. The van der Waals surface area contributed by atoms with E-state index in [1.165, 1.54) is 0 Å². The third-order valence-corrected chi connectivity index (χ3v) is 4.12. The summed E-state index contributed by atoms with van der Waals surface area (Å²) in [6, 6.07) is 1.97. The lowest BCUT2D eigenvalue weighted by atomic mass is 10.0. The summed E-state index contributed by atoms with van der Waals surface area (Å²) in [5, 5.41) is 0. The normalized spacial score (nSPS) is 25.2. The fourth-order valence-corrected chi connectivity index (χ4v) is 2.97. The average Bonchev–Trinajstić information content (AvgIpc) is 2.93. The molecule has 0 aromatic carbocycles. The maximum Gasteiger partial charge on any atom is 0.410 e. The Kier molecular flexibility index (Phi) is 3.15. The van der Waals surface area contributed by atoms with Crippen LogP contribution >= 0.6 is 0 Å². The van der Waals surface area contributed by atoms with Gasteiger partial charge in [-0.2, -0.15) is 4.98 Å². The number of rotatable bonds is 2. The van der Waals surface area contributed by atoms with Crippen molar-refractivity contribution in [2.24, 2.45) is 0 Å². The van der Waals surface area contributed by atoms with Crippen molar-refractivity contribution < 1.29 is 9.53 Å². The number of likely N-dealkylation sites (N-methyl/N-ethyl adjacent to an activating group) is 1. The summed E-state index contributed by atoms with van der Waals surface area (Å²) in [4.78, 5) is 24.0. The molecule has 7 heteroatoms. The van der Waals surface area contributed by atoms with E-state index in [-0.39, 0.29) is 12.0 Å². The Labute approximate surface area is 124 Å². The van der Waals surface area contributed by atoms with Gasteiger partial charge in [-0.1, -0.05) is 13.8 Å². The Morgan fingerprint density at radius 2 is 2.14 bits per heavy atom. The fourth-order valence-electron chi connectivity index (χ4n) is 2.97. The summed E-state index contributed by atoms with van der Waals surface area (Å²) in [6.07, 6.45) is 0.561. The molecule has 0 saturated carbocycles. The molecule has 2 N–H and O–H groups in total. The van der Waals surface area contributed by atoms with E-state index in [1.807, 2.05) is 6.07 Å². The monoisotopic (exact) mass is 291 g/mol. The molecule has 2 aliphatic heterocycles. The van der Waals surface area contributed by atoms with Crippen molar-refractivity contribution in [3.05, 3.63) is 11.8 Å². The van der Waals surface area contributed by atoms with Gasteiger partial charge in [-0.05, 0) is 5.92 Å². The molecule has 3 heterocycles. The smallest absolute Gasteiger partial charge is 0.410 e. The van der Waals surface area contributed by atoms with Crippen molar-refractivity contribution in [1.82, 2.24) is 14.9 Å². The van der Waals surface area contributed by atoms with Gasteiger partial charge < -0.3 is 20.3 Å². The molecule has 3 rings (SSSR count). The van der Waals surface area contributed by atoms with Crippen molar-refractivity contribution in [2.75, 3.05) is 37.3 Å². The molecule has 1 aromatic rings. The van der Waals surface area contributed by atoms with Gasteiger partial charge in [-0.25, -0.2) is 9.78 Å². The molecule has 1 aromatic heterocycles. The number of anilines is 2.